The van der Waals surface area contributed by atoms with Gasteiger partial charge >= 0.3 is 5.69 Å². The molecule has 1 heterocycles. The van der Waals surface area contributed by atoms with E-state index in [9.17, 15) is 19.5 Å². The van der Waals surface area contributed by atoms with Crippen LogP contribution in [0.4, 0.5) is 0 Å². The standard InChI is InChI=1S/C10H15N3O5/c1-6(9(16)11-3-4-18-2)13-8(15)5-7(14)12-10(13)17/h5-6,15H,3-4H2,1-2H3,(H,11,16)(H,12,14,17). The highest BCUT2D eigenvalue weighted by molar-refractivity contribution is 5.80. The fourth-order valence-electron chi connectivity index (χ4n) is 1.41. The molecule has 1 aromatic heterocycles. The van der Waals surface area contributed by atoms with Crippen molar-refractivity contribution < 1.29 is 14.6 Å². The molecule has 8 heteroatoms. The number of amides is 1. The number of aromatic hydroxyl groups is 1. The zero-order valence-corrected chi connectivity index (χ0v) is 10.1. The summed E-state index contributed by atoms with van der Waals surface area (Å²) in [6.45, 7) is 2.06. The monoisotopic (exact) mass is 257 g/mol. The number of H-pyrrole nitrogens is 1. The van der Waals surface area contributed by atoms with Crippen LogP contribution >= 0.6 is 0 Å². The third-order valence-corrected chi connectivity index (χ3v) is 2.33. The van der Waals surface area contributed by atoms with Gasteiger partial charge in [-0.2, -0.15) is 0 Å². The summed E-state index contributed by atoms with van der Waals surface area (Å²) >= 11 is 0. The number of hydrogen-bond acceptors (Lipinski definition) is 5. The van der Waals surface area contributed by atoms with Crippen molar-refractivity contribution in [2.24, 2.45) is 0 Å². The molecule has 0 aliphatic rings. The number of aromatic amines is 1. The number of aromatic nitrogens is 2. The Labute approximate surface area is 102 Å². The number of ether oxygens (including phenoxy) is 1. The van der Waals surface area contributed by atoms with Gasteiger partial charge in [0.15, 0.2) is 0 Å². The van der Waals surface area contributed by atoms with Crippen LogP contribution in [0.2, 0.25) is 0 Å². The number of hydrogen-bond donors (Lipinski definition) is 3. The van der Waals surface area contributed by atoms with Crippen LogP contribution in [0.5, 0.6) is 5.88 Å². The molecule has 0 aromatic carbocycles. The van der Waals surface area contributed by atoms with Crippen molar-refractivity contribution in [3.8, 4) is 5.88 Å². The van der Waals surface area contributed by atoms with Crippen LogP contribution in [0.25, 0.3) is 0 Å². The second-order valence-corrected chi connectivity index (χ2v) is 3.63. The molecule has 0 radical (unpaired) electrons. The van der Waals surface area contributed by atoms with E-state index in [1.54, 1.807) is 0 Å². The summed E-state index contributed by atoms with van der Waals surface area (Å²) in [4.78, 5) is 36.0. The van der Waals surface area contributed by atoms with Gasteiger partial charge in [0.05, 0.1) is 12.7 Å². The Balaban J connectivity index is 2.90. The van der Waals surface area contributed by atoms with E-state index in [1.165, 1.54) is 14.0 Å². The molecule has 1 rings (SSSR count). The minimum absolute atomic E-state index is 0.290. The summed E-state index contributed by atoms with van der Waals surface area (Å²) in [5.74, 6) is -1.02. The Morgan fingerprint density at radius 3 is 2.83 bits per heavy atom. The smallest absolute Gasteiger partial charge is 0.331 e. The lowest BCUT2D eigenvalue weighted by Gasteiger charge is -2.15. The molecule has 0 saturated carbocycles. The lowest BCUT2D eigenvalue weighted by atomic mass is 10.3. The Hall–Kier alpha value is -2.09. The van der Waals surface area contributed by atoms with E-state index in [0.29, 0.717) is 13.2 Å². The summed E-state index contributed by atoms with van der Waals surface area (Å²) in [6, 6.07) is -0.105. The molecule has 1 unspecified atom stereocenters. The van der Waals surface area contributed by atoms with Crippen LogP contribution in [0, 0.1) is 0 Å². The minimum atomic E-state index is -0.939. The Kier molecular flexibility index (Phi) is 4.67. The Bertz CT molecular complexity index is 533. The highest BCUT2D eigenvalue weighted by Crippen LogP contribution is 2.10. The van der Waals surface area contributed by atoms with Gasteiger partial charge in [-0.15, -0.1) is 0 Å². The normalized spacial score (nSPS) is 12.1. The van der Waals surface area contributed by atoms with Gasteiger partial charge < -0.3 is 15.2 Å². The Morgan fingerprint density at radius 1 is 1.61 bits per heavy atom. The first-order valence-corrected chi connectivity index (χ1v) is 5.29. The maximum Gasteiger partial charge on any atom is 0.331 e. The van der Waals surface area contributed by atoms with Crippen molar-refractivity contribution in [3.05, 3.63) is 26.9 Å². The number of methoxy groups -OCH3 is 1. The predicted octanol–water partition coefficient (Wildman–Crippen LogP) is -1.43. The van der Waals surface area contributed by atoms with Crippen LogP contribution in [0.3, 0.4) is 0 Å². The summed E-state index contributed by atoms with van der Waals surface area (Å²) in [5.41, 5.74) is -1.56. The predicted molar refractivity (Wildman–Crippen MR) is 62.6 cm³/mol. The molecule has 1 atom stereocenters. The second-order valence-electron chi connectivity index (χ2n) is 3.63. The van der Waals surface area contributed by atoms with Gasteiger partial charge in [0.1, 0.15) is 6.04 Å². The molecule has 3 N–H and O–H groups in total. The molecular formula is C10H15N3O5. The van der Waals surface area contributed by atoms with Crippen LogP contribution in [0.1, 0.15) is 13.0 Å². The van der Waals surface area contributed by atoms with Gasteiger partial charge in [-0.3, -0.25) is 19.1 Å². The quantitative estimate of drug-likeness (QED) is 0.559. The van der Waals surface area contributed by atoms with Crippen LogP contribution in [-0.4, -0.2) is 40.8 Å². The van der Waals surface area contributed by atoms with E-state index in [1.807, 2.05) is 4.98 Å². The highest BCUT2D eigenvalue weighted by Gasteiger charge is 2.19. The van der Waals surface area contributed by atoms with Crippen LogP contribution in [-0.2, 0) is 9.53 Å². The summed E-state index contributed by atoms with van der Waals surface area (Å²) in [5, 5.41) is 12.0. The highest BCUT2D eigenvalue weighted by atomic mass is 16.5. The van der Waals surface area contributed by atoms with E-state index >= 15 is 0 Å². The van der Waals surface area contributed by atoms with Crippen molar-refractivity contribution in [3.63, 3.8) is 0 Å². The number of nitrogens with one attached hydrogen (secondary N) is 2. The van der Waals surface area contributed by atoms with Gasteiger partial charge in [0.25, 0.3) is 5.56 Å². The van der Waals surface area contributed by atoms with Gasteiger partial charge in [0, 0.05) is 13.7 Å². The molecule has 0 bridgehead atoms. The van der Waals surface area contributed by atoms with E-state index < -0.39 is 29.1 Å². The third-order valence-electron chi connectivity index (χ3n) is 2.33. The second kappa shape index (κ2) is 6.01. The minimum Gasteiger partial charge on any atom is -0.494 e. The fraction of sp³-hybridized carbons (Fsp3) is 0.500. The lowest BCUT2D eigenvalue weighted by Crippen LogP contribution is -2.39. The molecule has 0 aliphatic carbocycles. The SMILES string of the molecule is COCCNC(=O)C(C)n1c(O)cc(=O)[nH]c1=O. The first-order chi connectivity index (χ1) is 8.47. The molecule has 0 spiro atoms. The van der Waals surface area contributed by atoms with Gasteiger partial charge in [-0.25, -0.2) is 4.79 Å². The summed E-state index contributed by atoms with van der Waals surface area (Å²) in [6.07, 6.45) is 0. The first-order valence-electron chi connectivity index (χ1n) is 5.29. The molecule has 1 amide bonds. The fourth-order valence-corrected chi connectivity index (χ4v) is 1.41. The number of rotatable bonds is 5. The number of carbonyl (C=O) groups is 1. The molecule has 8 nitrogen and oxygen atoms in total. The maximum absolute atomic E-state index is 11.7. The van der Waals surface area contributed by atoms with Gasteiger partial charge in [-0.1, -0.05) is 0 Å². The summed E-state index contributed by atoms with van der Waals surface area (Å²) < 4.78 is 5.56. The molecule has 0 saturated heterocycles. The van der Waals surface area contributed by atoms with Gasteiger partial charge in [-0.05, 0) is 6.92 Å². The van der Waals surface area contributed by atoms with Crippen LogP contribution in [0.15, 0.2) is 15.7 Å². The van der Waals surface area contributed by atoms with Crippen LogP contribution < -0.4 is 16.6 Å². The third kappa shape index (κ3) is 3.20. The molecule has 18 heavy (non-hydrogen) atoms. The molecule has 1 aromatic rings. The van der Waals surface area contributed by atoms with Crippen molar-refractivity contribution in [1.82, 2.24) is 14.9 Å². The van der Waals surface area contributed by atoms with Crippen molar-refractivity contribution in [2.75, 3.05) is 20.3 Å². The Morgan fingerprint density at radius 2 is 2.28 bits per heavy atom. The molecule has 100 valence electrons. The molecule has 0 fully saturated rings. The van der Waals surface area contributed by atoms with E-state index in [-0.39, 0.29) is 0 Å². The maximum atomic E-state index is 11.7. The van der Waals surface area contributed by atoms with E-state index in [2.05, 4.69) is 5.32 Å². The van der Waals surface area contributed by atoms with Crippen molar-refractivity contribution >= 4 is 5.91 Å². The topological polar surface area (TPSA) is 113 Å². The van der Waals surface area contributed by atoms with E-state index in [4.69, 9.17) is 4.74 Å². The van der Waals surface area contributed by atoms with Gasteiger partial charge in [0.2, 0.25) is 11.8 Å². The van der Waals surface area contributed by atoms with Crippen molar-refractivity contribution in [2.45, 2.75) is 13.0 Å². The zero-order chi connectivity index (χ0) is 13.7. The zero-order valence-electron chi connectivity index (χ0n) is 10.1. The average Bonchev–Trinajstić information content (AvgIpc) is 2.27. The largest absolute Gasteiger partial charge is 0.494 e. The first kappa shape index (κ1) is 14.0. The number of nitrogens with zero attached hydrogens (tertiary/aromatic N) is 1. The lowest BCUT2D eigenvalue weighted by molar-refractivity contribution is -0.124. The van der Waals surface area contributed by atoms with Crippen molar-refractivity contribution in [1.29, 1.82) is 0 Å². The van der Waals surface area contributed by atoms with E-state index in [0.717, 1.165) is 10.6 Å². The average molecular weight is 257 g/mol. The molecular weight excluding hydrogens is 242 g/mol. The number of carbonyl (C=O) groups excluding carboxylic acids is 1. The molecule has 0 aliphatic heterocycles. The summed E-state index contributed by atoms with van der Waals surface area (Å²) in [7, 11) is 1.49.